The number of nitrogens with one attached hydrogen (secondary N) is 1. The van der Waals surface area contributed by atoms with Crippen molar-refractivity contribution in [2.24, 2.45) is 0 Å². The highest BCUT2D eigenvalue weighted by Crippen LogP contribution is 2.38. The summed E-state index contributed by atoms with van der Waals surface area (Å²) < 4.78 is 12.0. The van der Waals surface area contributed by atoms with E-state index in [9.17, 15) is 14.4 Å². The van der Waals surface area contributed by atoms with Gasteiger partial charge in [-0.15, -0.1) is 0 Å². The van der Waals surface area contributed by atoms with Gasteiger partial charge in [0.2, 0.25) is 0 Å². The lowest BCUT2D eigenvalue weighted by atomic mass is 10.1. The van der Waals surface area contributed by atoms with Crippen LogP contribution in [0.2, 0.25) is 10.0 Å². The Morgan fingerprint density at radius 2 is 1.82 bits per heavy atom. The van der Waals surface area contributed by atoms with E-state index in [-0.39, 0.29) is 21.3 Å². The maximum absolute atomic E-state index is 13.1. The Morgan fingerprint density at radius 3 is 2.50 bits per heavy atom. The van der Waals surface area contributed by atoms with Gasteiger partial charge in [0.25, 0.3) is 11.8 Å². The molecule has 10 heteroatoms. The van der Waals surface area contributed by atoms with Gasteiger partial charge in [-0.3, -0.25) is 14.9 Å². The van der Waals surface area contributed by atoms with Crippen molar-refractivity contribution < 1.29 is 23.9 Å². The molecule has 0 bridgehead atoms. The lowest BCUT2D eigenvalue weighted by molar-refractivity contribution is -0.122. The van der Waals surface area contributed by atoms with E-state index in [0.717, 1.165) is 30.6 Å². The van der Waals surface area contributed by atoms with E-state index in [1.165, 1.54) is 31.4 Å². The zero-order valence-corrected chi connectivity index (χ0v) is 21.7. The van der Waals surface area contributed by atoms with Crippen LogP contribution in [0.4, 0.5) is 10.5 Å². The maximum atomic E-state index is 13.1. The third kappa shape index (κ3) is 5.92. The number of urea groups is 1. The highest BCUT2D eigenvalue weighted by atomic mass is 79.9. The van der Waals surface area contributed by atoms with Crippen molar-refractivity contribution >= 4 is 68.7 Å². The molecule has 3 rings (SSSR count). The number of methoxy groups -OCH3 is 1. The van der Waals surface area contributed by atoms with Crippen molar-refractivity contribution in [2.75, 3.05) is 18.6 Å². The highest BCUT2D eigenvalue weighted by molar-refractivity contribution is 9.10. The summed E-state index contributed by atoms with van der Waals surface area (Å²) in [4.78, 5) is 38.8. The number of barbiturate groups is 1. The van der Waals surface area contributed by atoms with E-state index in [2.05, 4.69) is 28.2 Å². The second kappa shape index (κ2) is 11.7. The molecule has 2 aromatic carbocycles. The highest BCUT2D eigenvalue weighted by Gasteiger charge is 2.37. The Morgan fingerprint density at radius 1 is 1.06 bits per heavy atom. The number of imide groups is 2. The Kier molecular flexibility index (Phi) is 8.99. The molecule has 1 heterocycles. The van der Waals surface area contributed by atoms with E-state index < -0.39 is 17.8 Å². The summed E-state index contributed by atoms with van der Waals surface area (Å²) in [5.74, 6) is -0.623. The van der Waals surface area contributed by atoms with E-state index in [0.29, 0.717) is 28.1 Å². The Balaban J connectivity index is 1.90. The van der Waals surface area contributed by atoms with Crippen LogP contribution in [0.5, 0.6) is 11.5 Å². The summed E-state index contributed by atoms with van der Waals surface area (Å²) in [6.07, 6.45) is 5.66. The molecule has 0 atom stereocenters. The Bertz CT molecular complexity index is 1150. The van der Waals surface area contributed by atoms with Gasteiger partial charge in [0, 0.05) is 0 Å². The van der Waals surface area contributed by atoms with E-state index in [1.54, 1.807) is 12.1 Å². The van der Waals surface area contributed by atoms with Crippen molar-refractivity contribution in [3.63, 3.8) is 0 Å². The standard InChI is InChI=1S/C24H23BrCl2N2O5/c1-3-4-5-6-9-34-21-17(25)11-14(12-20(21)33-2)10-16-22(30)28-24(32)29(23(16)31)15-7-8-18(26)19(27)13-15/h7-8,10-13H,3-6,9H2,1-2H3,(H,28,30,32)/b16-10-. The van der Waals surface area contributed by atoms with Crippen molar-refractivity contribution in [1.82, 2.24) is 5.32 Å². The van der Waals surface area contributed by atoms with Gasteiger partial charge in [0.1, 0.15) is 5.57 Å². The quantitative estimate of drug-likeness (QED) is 0.215. The molecule has 0 saturated carbocycles. The van der Waals surface area contributed by atoms with Crippen molar-refractivity contribution in [1.29, 1.82) is 0 Å². The average Bonchev–Trinajstić information content (AvgIpc) is 2.79. The van der Waals surface area contributed by atoms with E-state index in [1.807, 2.05) is 0 Å². The van der Waals surface area contributed by atoms with Gasteiger partial charge in [-0.25, -0.2) is 9.69 Å². The number of anilines is 1. The number of carbonyl (C=O) groups excluding carboxylic acids is 3. The summed E-state index contributed by atoms with van der Waals surface area (Å²) in [6, 6.07) is 6.78. The molecule has 0 unspecified atom stereocenters. The van der Waals surface area contributed by atoms with Crippen LogP contribution >= 0.6 is 39.1 Å². The molecule has 4 amide bonds. The fraction of sp³-hybridized carbons (Fsp3) is 0.292. The van der Waals surface area contributed by atoms with Crippen LogP contribution in [0.15, 0.2) is 40.4 Å². The van der Waals surface area contributed by atoms with Crippen LogP contribution in [-0.2, 0) is 9.59 Å². The van der Waals surface area contributed by atoms with Gasteiger partial charge in [0.15, 0.2) is 11.5 Å². The number of rotatable bonds is 9. The minimum Gasteiger partial charge on any atom is -0.493 e. The SMILES string of the molecule is CCCCCCOc1c(Br)cc(/C=C2/C(=O)NC(=O)N(c3ccc(Cl)c(Cl)c3)C2=O)cc1OC. The number of hydrogen-bond donors (Lipinski definition) is 1. The topological polar surface area (TPSA) is 84.9 Å². The molecule has 1 aliphatic rings. The number of ether oxygens (including phenoxy) is 2. The summed E-state index contributed by atoms with van der Waals surface area (Å²) in [6.45, 7) is 2.68. The fourth-order valence-electron chi connectivity index (χ4n) is 3.35. The lowest BCUT2D eigenvalue weighted by Crippen LogP contribution is -2.54. The minimum absolute atomic E-state index is 0.168. The molecule has 34 heavy (non-hydrogen) atoms. The van der Waals surface area contributed by atoms with Gasteiger partial charge in [-0.2, -0.15) is 0 Å². The first-order valence-corrected chi connectivity index (χ1v) is 12.2. The first-order chi connectivity index (χ1) is 16.3. The van der Waals surface area contributed by atoms with Crippen LogP contribution in [-0.4, -0.2) is 31.6 Å². The number of carbonyl (C=O) groups is 3. The molecule has 1 aliphatic heterocycles. The predicted octanol–water partition coefficient (Wildman–Crippen LogP) is 6.39. The molecule has 180 valence electrons. The van der Waals surface area contributed by atoms with Crippen LogP contribution in [0.3, 0.4) is 0 Å². The maximum Gasteiger partial charge on any atom is 0.335 e. The zero-order chi connectivity index (χ0) is 24.8. The zero-order valence-electron chi connectivity index (χ0n) is 18.6. The summed E-state index contributed by atoms with van der Waals surface area (Å²) >= 11 is 15.4. The van der Waals surface area contributed by atoms with Crippen LogP contribution in [0, 0.1) is 0 Å². The molecule has 0 aliphatic carbocycles. The normalized spacial score (nSPS) is 15.0. The molecule has 0 radical (unpaired) electrons. The Labute approximate surface area is 216 Å². The van der Waals surface area contributed by atoms with Crippen LogP contribution in [0.1, 0.15) is 38.2 Å². The average molecular weight is 570 g/mol. The third-order valence-electron chi connectivity index (χ3n) is 5.07. The van der Waals surface area contributed by atoms with Gasteiger partial charge in [-0.1, -0.05) is 49.4 Å². The smallest absolute Gasteiger partial charge is 0.335 e. The minimum atomic E-state index is -0.879. The number of halogens is 3. The molecule has 1 N–H and O–H groups in total. The second-order valence-corrected chi connectivity index (χ2v) is 9.17. The van der Waals surface area contributed by atoms with Crippen molar-refractivity contribution in [2.45, 2.75) is 32.6 Å². The first-order valence-electron chi connectivity index (χ1n) is 10.6. The monoisotopic (exact) mass is 568 g/mol. The van der Waals surface area contributed by atoms with Crippen LogP contribution in [0.25, 0.3) is 6.08 Å². The molecule has 1 fully saturated rings. The van der Waals surface area contributed by atoms with Crippen molar-refractivity contribution in [3.8, 4) is 11.5 Å². The van der Waals surface area contributed by atoms with Crippen LogP contribution < -0.4 is 19.7 Å². The lowest BCUT2D eigenvalue weighted by Gasteiger charge is -2.26. The van der Waals surface area contributed by atoms with E-state index >= 15 is 0 Å². The number of unbranched alkanes of at least 4 members (excludes halogenated alkanes) is 3. The molecule has 0 aromatic heterocycles. The number of amides is 4. The molecular formula is C24H23BrCl2N2O5. The van der Waals surface area contributed by atoms with Gasteiger partial charge < -0.3 is 9.47 Å². The first kappa shape index (κ1) is 26.1. The fourth-order valence-corrected chi connectivity index (χ4v) is 4.22. The molecular weight excluding hydrogens is 547 g/mol. The van der Waals surface area contributed by atoms with Gasteiger partial charge in [0.05, 0.1) is 33.9 Å². The largest absolute Gasteiger partial charge is 0.493 e. The van der Waals surface area contributed by atoms with Gasteiger partial charge in [-0.05, 0) is 64.3 Å². The van der Waals surface area contributed by atoms with E-state index in [4.69, 9.17) is 32.7 Å². The number of nitrogens with zero attached hydrogens (tertiary/aromatic N) is 1. The summed E-state index contributed by atoms with van der Waals surface area (Å²) in [7, 11) is 1.51. The Hall–Kier alpha value is -2.55. The van der Waals surface area contributed by atoms with Crippen molar-refractivity contribution in [3.05, 3.63) is 56.0 Å². The number of benzene rings is 2. The third-order valence-corrected chi connectivity index (χ3v) is 6.40. The molecule has 0 spiro atoms. The summed E-state index contributed by atoms with van der Waals surface area (Å²) in [5.41, 5.74) is 0.456. The predicted molar refractivity (Wildman–Crippen MR) is 136 cm³/mol. The molecule has 2 aromatic rings. The molecule has 1 saturated heterocycles. The second-order valence-electron chi connectivity index (χ2n) is 7.50. The number of hydrogen-bond acceptors (Lipinski definition) is 5. The van der Waals surface area contributed by atoms with Gasteiger partial charge >= 0.3 is 6.03 Å². The summed E-state index contributed by atoms with van der Waals surface area (Å²) in [5, 5.41) is 2.61. The molecule has 7 nitrogen and oxygen atoms in total.